The van der Waals surface area contributed by atoms with Crippen LogP contribution in [0.15, 0.2) is 77.8 Å². The van der Waals surface area contributed by atoms with Crippen molar-refractivity contribution in [2.24, 2.45) is 0 Å². The van der Waals surface area contributed by atoms with Crippen LogP contribution in [0.4, 0.5) is 24.7 Å². The molecule has 0 aliphatic carbocycles. The van der Waals surface area contributed by atoms with Crippen molar-refractivity contribution in [2.45, 2.75) is 11.1 Å². The van der Waals surface area contributed by atoms with Gasteiger partial charge in [-0.3, -0.25) is 9.10 Å². The van der Waals surface area contributed by atoms with Gasteiger partial charge in [0.2, 0.25) is 5.91 Å². The average molecular weight is 539 g/mol. The molecule has 0 radical (unpaired) electrons. The van der Waals surface area contributed by atoms with E-state index in [0.717, 1.165) is 18.0 Å². The average Bonchev–Trinajstić information content (AvgIpc) is 2.88. The van der Waals surface area contributed by atoms with Gasteiger partial charge in [0, 0.05) is 32.4 Å². The Labute approximate surface area is 211 Å². The van der Waals surface area contributed by atoms with Gasteiger partial charge in [-0.05, 0) is 42.5 Å². The number of carbonyl (C=O) groups excluding carboxylic acids is 1. The van der Waals surface area contributed by atoms with Gasteiger partial charge in [-0.25, -0.2) is 13.4 Å². The van der Waals surface area contributed by atoms with Gasteiger partial charge in [0.15, 0.2) is 0 Å². The highest BCUT2D eigenvalue weighted by molar-refractivity contribution is 7.92. The van der Waals surface area contributed by atoms with E-state index in [4.69, 9.17) is 11.6 Å². The summed E-state index contributed by atoms with van der Waals surface area (Å²) in [6.07, 6.45) is -3.06. The van der Waals surface area contributed by atoms with Gasteiger partial charge in [-0.1, -0.05) is 35.9 Å². The second-order valence-electron chi connectivity index (χ2n) is 8.04. The molecule has 0 atom stereocenters. The first kappa shape index (κ1) is 25.8. The minimum Gasteiger partial charge on any atom is -0.353 e. The maximum Gasteiger partial charge on any atom is 0.416 e. The van der Waals surface area contributed by atoms with Crippen molar-refractivity contribution < 1.29 is 26.4 Å². The van der Waals surface area contributed by atoms with Crippen LogP contribution in [0.5, 0.6) is 0 Å². The molecule has 1 aliphatic rings. The molecular formula is C24H22ClF3N4O3S. The number of hydrogen-bond acceptors (Lipinski definition) is 5. The highest BCUT2D eigenvalue weighted by Gasteiger charge is 2.35. The van der Waals surface area contributed by atoms with Crippen LogP contribution in [0.2, 0.25) is 5.02 Å². The summed E-state index contributed by atoms with van der Waals surface area (Å²) in [6.45, 7) is 0.828. The summed E-state index contributed by atoms with van der Waals surface area (Å²) in [6, 6.07) is 15.1. The monoisotopic (exact) mass is 538 g/mol. The van der Waals surface area contributed by atoms with Gasteiger partial charge in [0.05, 0.1) is 21.2 Å². The van der Waals surface area contributed by atoms with E-state index >= 15 is 0 Å². The fourth-order valence-corrected chi connectivity index (χ4v) is 5.56. The lowest BCUT2D eigenvalue weighted by atomic mass is 10.2. The number of nitrogens with zero attached hydrogens (tertiary/aromatic N) is 4. The number of halogens is 4. The Morgan fingerprint density at radius 3 is 2.25 bits per heavy atom. The number of rotatable bonds is 6. The Hall–Kier alpha value is -3.31. The lowest BCUT2D eigenvalue weighted by Gasteiger charge is -2.36. The summed E-state index contributed by atoms with van der Waals surface area (Å²) >= 11 is 6.18. The van der Waals surface area contributed by atoms with E-state index in [1.54, 1.807) is 18.3 Å². The second-order valence-corrected chi connectivity index (χ2v) is 10.3. The lowest BCUT2D eigenvalue weighted by molar-refractivity contribution is -0.137. The lowest BCUT2D eigenvalue weighted by Crippen LogP contribution is -2.52. The molecule has 1 fully saturated rings. The van der Waals surface area contributed by atoms with Crippen molar-refractivity contribution >= 4 is 39.0 Å². The molecule has 0 unspecified atom stereocenters. The number of pyridine rings is 1. The maximum atomic E-state index is 13.5. The van der Waals surface area contributed by atoms with E-state index in [1.165, 1.54) is 29.2 Å². The third kappa shape index (κ3) is 5.57. The van der Waals surface area contributed by atoms with Crippen molar-refractivity contribution in [1.29, 1.82) is 0 Å². The Bertz CT molecular complexity index is 1320. The molecule has 7 nitrogen and oxygen atoms in total. The first-order valence-corrected chi connectivity index (χ1v) is 12.8. The summed E-state index contributed by atoms with van der Waals surface area (Å²) in [5, 5.41) is -0.227. The summed E-state index contributed by atoms with van der Waals surface area (Å²) in [5.41, 5.74) is -1.50. The molecule has 0 spiro atoms. The molecule has 1 aliphatic heterocycles. The van der Waals surface area contributed by atoms with Crippen LogP contribution in [0.25, 0.3) is 0 Å². The highest BCUT2D eigenvalue weighted by atomic mass is 35.5. The number of sulfonamides is 1. The Balaban J connectivity index is 1.63. The molecule has 190 valence electrons. The number of benzene rings is 2. The third-order valence-corrected chi connectivity index (χ3v) is 7.85. The zero-order valence-electron chi connectivity index (χ0n) is 18.9. The third-order valence-electron chi connectivity index (χ3n) is 5.76. The molecule has 2 heterocycles. The molecular weight excluding hydrogens is 517 g/mol. The fraction of sp³-hybridized carbons (Fsp3) is 0.250. The van der Waals surface area contributed by atoms with Gasteiger partial charge in [0.25, 0.3) is 10.0 Å². The second kappa shape index (κ2) is 10.4. The van der Waals surface area contributed by atoms with E-state index in [9.17, 15) is 26.4 Å². The van der Waals surface area contributed by atoms with Gasteiger partial charge >= 0.3 is 6.18 Å². The molecule has 2 aromatic carbocycles. The number of aromatic nitrogens is 1. The van der Waals surface area contributed by atoms with Gasteiger partial charge < -0.3 is 9.80 Å². The minimum atomic E-state index is -4.73. The number of piperazine rings is 1. The topological polar surface area (TPSA) is 73.8 Å². The molecule has 0 N–H and O–H groups in total. The molecule has 1 saturated heterocycles. The molecule has 3 aromatic rings. The zero-order chi connectivity index (χ0) is 25.9. The summed E-state index contributed by atoms with van der Waals surface area (Å²) < 4.78 is 67.9. The van der Waals surface area contributed by atoms with Crippen molar-refractivity contribution in [3.05, 3.63) is 83.5 Å². The van der Waals surface area contributed by atoms with Crippen molar-refractivity contribution in [3.63, 3.8) is 0 Å². The Morgan fingerprint density at radius 2 is 1.64 bits per heavy atom. The predicted octanol–water partition coefficient (Wildman–Crippen LogP) is 4.30. The number of alkyl halides is 3. The van der Waals surface area contributed by atoms with Crippen molar-refractivity contribution in [3.8, 4) is 0 Å². The normalized spacial score (nSPS) is 14.6. The van der Waals surface area contributed by atoms with E-state index in [0.29, 0.717) is 36.6 Å². The largest absolute Gasteiger partial charge is 0.416 e. The maximum absolute atomic E-state index is 13.5. The van der Waals surface area contributed by atoms with Crippen molar-refractivity contribution in [1.82, 2.24) is 9.88 Å². The minimum absolute atomic E-state index is 0.175. The number of carbonyl (C=O) groups is 1. The first-order chi connectivity index (χ1) is 17.1. The fourth-order valence-electron chi connectivity index (χ4n) is 3.85. The molecule has 0 saturated carbocycles. The van der Waals surface area contributed by atoms with E-state index < -0.39 is 39.9 Å². The van der Waals surface area contributed by atoms with E-state index in [1.807, 2.05) is 17.0 Å². The molecule has 36 heavy (non-hydrogen) atoms. The molecule has 4 rings (SSSR count). The van der Waals surface area contributed by atoms with Crippen LogP contribution in [-0.4, -0.2) is 56.9 Å². The SMILES string of the molecule is O=C(CN(c1cc(C(F)(F)F)ccc1Cl)S(=O)(=O)c1ccccc1)N1CCN(c2ccccn2)CC1. The molecule has 1 aromatic heterocycles. The zero-order valence-corrected chi connectivity index (χ0v) is 20.5. The van der Waals surface area contributed by atoms with Crippen LogP contribution in [0, 0.1) is 0 Å². The van der Waals surface area contributed by atoms with Crippen molar-refractivity contribution in [2.75, 3.05) is 41.9 Å². The Morgan fingerprint density at radius 1 is 0.972 bits per heavy atom. The first-order valence-electron chi connectivity index (χ1n) is 11.0. The van der Waals surface area contributed by atoms with E-state index in [-0.39, 0.29) is 9.92 Å². The number of hydrogen-bond donors (Lipinski definition) is 0. The van der Waals surface area contributed by atoms with Crippen LogP contribution < -0.4 is 9.21 Å². The van der Waals surface area contributed by atoms with Crippen LogP contribution in [0.3, 0.4) is 0 Å². The number of amides is 1. The predicted molar refractivity (Wildman–Crippen MR) is 130 cm³/mol. The van der Waals surface area contributed by atoms with Crippen LogP contribution in [-0.2, 0) is 21.0 Å². The summed E-state index contributed by atoms with van der Waals surface area (Å²) in [4.78, 5) is 20.8. The van der Waals surface area contributed by atoms with Gasteiger partial charge in [0.1, 0.15) is 12.4 Å². The summed E-state index contributed by atoms with van der Waals surface area (Å²) in [5.74, 6) is 0.206. The molecule has 1 amide bonds. The smallest absolute Gasteiger partial charge is 0.353 e. The summed E-state index contributed by atoms with van der Waals surface area (Å²) in [7, 11) is -4.41. The number of anilines is 2. The van der Waals surface area contributed by atoms with Gasteiger partial charge in [-0.2, -0.15) is 13.2 Å². The molecule has 12 heteroatoms. The quantitative estimate of drug-likeness (QED) is 0.468. The molecule has 0 bridgehead atoms. The standard InChI is InChI=1S/C24H22ClF3N4O3S/c25-20-10-9-18(24(26,27)28)16-21(20)32(36(34,35)19-6-2-1-3-7-19)17-23(33)31-14-12-30(13-15-31)22-8-4-5-11-29-22/h1-11,16H,12-15,17H2. The highest BCUT2D eigenvalue weighted by Crippen LogP contribution is 2.37. The van der Waals surface area contributed by atoms with Gasteiger partial charge in [-0.15, -0.1) is 0 Å². The Kier molecular flexibility index (Phi) is 7.41. The van der Waals surface area contributed by atoms with E-state index in [2.05, 4.69) is 4.98 Å². The van der Waals surface area contributed by atoms with Crippen LogP contribution in [0.1, 0.15) is 5.56 Å². The van der Waals surface area contributed by atoms with Crippen LogP contribution >= 0.6 is 11.6 Å².